The Labute approximate surface area is 111 Å². The van der Waals surface area contributed by atoms with Gasteiger partial charge < -0.3 is 19.0 Å². The summed E-state index contributed by atoms with van der Waals surface area (Å²) in [5.41, 5.74) is 2.17. The molecule has 0 aliphatic heterocycles. The Kier molecular flexibility index (Phi) is 2.87. The summed E-state index contributed by atoms with van der Waals surface area (Å²) >= 11 is 5.41. The van der Waals surface area contributed by atoms with E-state index in [9.17, 15) is 0 Å². The molecule has 0 bridgehead atoms. The van der Waals surface area contributed by atoms with Gasteiger partial charge in [0, 0.05) is 19.2 Å². The number of imidazole rings is 1. The van der Waals surface area contributed by atoms with E-state index in [0.717, 1.165) is 34.4 Å². The maximum absolute atomic E-state index is 5.41. The van der Waals surface area contributed by atoms with E-state index in [-0.39, 0.29) is 0 Å². The van der Waals surface area contributed by atoms with Crippen LogP contribution >= 0.6 is 12.2 Å². The fourth-order valence-corrected chi connectivity index (χ4v) is 2.90. The number of hydrogen-bond acceptors (Lipinski definition) is 3. The second-order valence-corrected chi connectivity index (χ2v) is 5.05. The first kappa shape index (κ1) is 11.7. The van der Waals surface area contributed by atoms with Crippen molar-refractivity contribution < 1.29 is 9.47 Å². The normalized spacial score (nSPS) is 23.0. The maximum Gasteiger partial charge on any atom is 0.178 e. The summed E-state index contributed by atoms with van der Waals surface area (Å²) in [5.74, 6) is 0.842. The molecule has 1 fully saturated rings. The zero-order valence-electron chi connectivity index (χ0n) is 10.5. The molecule has 18 heavy (non-hydrogen) atoms. The van der Waals surface area contributed by atoms with E-state index in [4.69, 9.17) is 21.7 Å². The first-order valence-corrected chi connectivity index (χ1v) is 6.45. The van der Waals surface area contributed by atoms with Gasteiger partial charge in [-0.05, 0) is 37.2 Å². The first-order chi connectivity index (χ1) is 8.72. The molecule has 1 aliphatic carbocycles. The molecule has 1 aliphatic rings. The van der Waals surface area contributed by atoms with Crippen molar-refractivity contribution in [1.82, 2.24) is 9.55 Å². The Morgan fingerprint density at radius 2 is 2.11 bits per heavy atom. The van der Waals surface area contributed by atoms with Crippen LogP contribution in [0.25, 0.3) is 11.0 Å². The Morgan fingerprint density at radius 3 is 2.78 bits per heavy atom. The molecular formula is C13H16N2O2S. The first-order valence-electron chi connectivity index (χ1n) is 6.04. The zero-order valence-corrected chi connectivity index (χ0v) is 11.3. The summed E-state index contributed by atoms with van der Waals surface area (Å²) in [6, 6.07) is 6.45. The number of rotatable bonds is 3. The van der Waals surface area contributed by atoms with Crippen LogP contribution in [0.15, 0.2) is 18.2 Å². The van der Waals surface area contributed by atoms with Crippen LogP contribution in [0.3, 0.4) is 0 Å². The van der Waals surface area contributed by atoms with Gasteiger partial charge in [0.15, 0.2) is 4.77 Å². The lowest BCUT2D eigenvalue weighted by Crippen LogP contribution is -2.32. The van der Waals surface area contributed by atoms with Crippen LogP contribution in [0.4, 0.5) is 0 Å². The van der Waals surface area contributed by atoms with Crippen molar-refractivity contribution in [2.45, 2.75) is 25.0 Å². The van der Waals surface area contributed by atoms with Crippen molar-refractivity contribution in [3.05, 3.63) is 23.0 Å². The molecule has 96 valence electrons. The summed E-state index contributed by atoms with van der Waals surface area (Å²) in [4.78, 5) is 3.24. The standard InChI is InChI=1S/C13H16N2O2S/c1-16-9-3-4-12-11(7-9)14-13(18)15(12)8-5-10(6-8)17-2/h3-4,7-8,10H,5-6H2,1-2H3,(H,14,18). The maximum atomic E-state index is 5.41. The monoisotopic (exact) mass is 264 g/mol. The number of aromatic nitrogens is 2. The number of hydrogen-bond donors (Lipinski definition) is 1. The second-order valence-electron chi connectivity index (χ2n) is 4.67. The van der Waals surface area contributed by atoms with Gasteiger partial charge in [-0.2, -0.15) is 0 Å². The predicted molar refractivity (Wildman–Crippen MR) is 72.7 cm³/mol. The van der Waals surface area contributed by atoms with E-state index in [2.05, 4.69) is 15.6 Å². The highest BCUT2D eigenvalue weighted by molar-refractivity contribution is 7.71. The number of fused-ring (bicyclic) bond motifs is 1. The van der Waals surface area contributed by atoms with E-state index < -0.39 is 0 Å². The summed E-state index contributed by atoms with van der Waals surface area (Å²) in [7, 11) is 3.43. The van der Waals surface area contributed by atoms with Gasteiger partial charge in [-0.15, -0.1) is 0 Å². The van der Waals surface area contributed by atoms with Crippen LogP contribution in [0, 0.1) is 4.77 Å². The highest BCUT2D eigenvalue weighted by atomic mass is 32.1. The number of H-pyrrole nitrogens is 1. The van der Waals surface area contributed by atoms with E-state index in [1.165, 1.54) is 0 Å². The summed E-state index contributed by atoms with van der Waals surface area (Å²) in [6.07, 6.45) is 2.44. The fraction of sp³-hybridized carbons (Fsp3) is 0.462. The van der Waals surface area contributed by atoms with Crippen molar-refractivity contribution in [2.24, 2.45) is 0 Å². The highest BCUT2D eigenvalue weighted by Gasteiger charge is 2.31. The minimum Gasteiger partial charge on any atom is -0.497 e. The number of ether oxygens (including phenoxy) is 2. The second kappa shape index (κ2) is 4.40. The van der Waals surface area contributed by atoms with Gasteiger partial charge in [-0.1, -0.05) is 0 Å². The van der Waals surface area contributed by atoms with Gasteiger partial charge in [0.25, 0.3) is 0 Å². The highest BCUT2D eigenvalue weighted by Crippen LogP contribution is 2.37. The van der Waals surface area contributed by atoms with E-state index in [1.54, 1.807) is 14.2 Å². The number of aromatic amines is 1. The summed E-state index contributed by atoms with van der Waals surface area (Å²) in [6.45, 7) is 0. The fourth-order valence-electron chi connectivity index (χ4n) is 2.54. The minimum absolute atomic E-state index is 0.375. The summed E-state index contributed by atoms with van der Waals surface area (Å²) < 4.78 is 13.5. The quantitative estimate of drug-likeness (QED) is 0.866. The SMILES string of the molecule is COc1ccc2c(c1)[nH]c(=S)n2C1CC(OC)C1. The Hall–Kier alpha value is -1.33. The lowest BCUT2D eigenvalue weighted by atomic mass is 9.89. The van der Waals surface area contributed by atoms with Crippen LogP contribution in [0.1, 0.15) is 18.9 Å². The largest absolute Gasteiger partial charge is 0.497 e. The molecule has 1 N–H and O–H groups in total. The van der Waals surface area contributed by atoms with Gasteiger partial charge in [-0.3, -0.25) is 0 Å². The molecule has 0 unspecified atom stereocenters. The molecule has 2 aromatic rings. The van der Waals surface area contributed by atoms with Crippen molar-refractivity contribution in [2.75, 3.05) is 14.2 Å². The molecule has 0 saturated heterocycles. The third kappa shape index (κ3) is 1.74. The number of methoxy groups -OCH3 is 2. The molecule has 0 amide bonds. The average Bonchev–Trinajstić information content (AvgIpc) is 2.64. The third-order valence-corrected chi connectivity index (χ3v) is 3.99. The van der Waals surface area contributed by atoms with E-state index in [1.807, 2.05) is 12.1 Å². The van der Waals surface area contributed by atoms with Crippen molar-refractivity contribution in [3.63, 3.8) is 0 Å². The average molecular weight is 264 g/mol. The molecule has 1 saturated carbocycles. The molecule has 5 heteroatoms. The summed E-state index contributed by atoms with van der Waals surface area (Å²) in [5, 5.41) is 0. The molecule has 1 aromatic heterocycles. The molecule has 0 spiro atoms. The van der Waals surface area contributed by atoms with Gasteiger partial charge >= 0.3 is 0 Å². The lowest BCUT2D eigenvalue weighted by Gasteiger charge is -2.35. The molecule has 1 aromatic carbocycles. The van der Waals surface area contributed by atoms with Crippen LogP contribution in [0.5, 0.6) is 5.75 Å². The van der Waals surface area contributed by atoms with Gasteiger partial charge in [0.05, 0.1) is 24.2 Å². The van der Waals surface area contributed by atoms with Gasteiger partial charge in [-0.25, -0.2) is 0 Å². The van der Waals surface area contributed by atoms with Crippen molar-refractivity contribution in [1.29, 1.82) is 0 Å². The molecular weight excluding hydrogens is 248 g/mol. The number of benzene rings is 1. The molecule has 4 nitrogen and oxygen atoms in total. The molecule has 3 rings (SSSR count). The number of nitrogens with one attached hydrogen (secondary N) is 1. The van der Waals surface area contributed by atoms with Crippen LogP contribution in [-0.2, 0) is 4.74 Å². The van der Waals surface area contributed by atoms with Gasteiger partial charge in [0.1, 0.15) is 5.75 Å². The topological polar surface area (TPSA) is 39.2 Å². The van der Waals surface area contributed by atoms with Gasteiger partial charge in [0.2, 0.25) is 0 Å². The zero-order chi connectivity index (χ0) is 12.7. The predicted octanol–water partition coefficient (Wildman–Crippen LogP) is 3.06. The van der Waals surface area contributed by atoms with Crippen molar-refractivity contribution >= 4 is 23.3 Å². The Bertz CT molecular complexity index is 625. The van der Waals surface area contributed by atoms with E-state index in [0.29, 0.717) is 12.1 Å². The lowest BCUT2D eigenvalue weighted by molar-refractivity contribution is 0.00698. The third-order valence-electron chi connectivity index (χ3n) is 3.69. The molecule has 0 atom stereocenters. The molecule has 0 radical (unpaired) electrons. The molecule has 1 heterocycles. The van der Waals surface area contributed by atoms with Crippen LogP contribution in [-0.4, -0.2) is 29.9 Å². The number of nitrogens with zero attached hydrogens (tertiary/aromatic N) is 1. The van der Waals surface area contributed by atoms with Crippen molar-refractivity contribution in [3.8, 4) is 5.75 Å². The minimum atomic E-state index is 0.375. The smallest absolute Gasteiger partial charge is 0.178 e. The van der Waals surface area contributed by atoms with Crippen LogP contribution in [0.2, 0.25) is 0 Å². The van der Waals surface area contributed by atoms with Crippen LogP contribution < -0.4 is 4.74 Å². The van der Waals surface area contributed by atoms with E-state index >= 15 is 0 Å². The Morgan fingerprint density at radius 1 is 1.33 bits per heavy atom. The Balaban J connectivity index is 2.02.